The van der Waals surface area contributed by atoms with Crippen molar-refractivity contribution >= 4 is 27.3 Å². The number of aliphatic hydroxyl groups is 1. The molecule has 0 bridgehead atoms. The van der Waals surface area contributed by atoms with Crippen LogP contribution in [0, 0.1) is 0 Å². The third-order valence-corrected chi connectivity index (χ3v) is 4.27. The zero-order valence-electron chi connectivity index (χ0n) is 7.95. The van der Waals surface area contributed by atoms with Crippen LogP contribution < -0.4 is 0 Å². The molecule has 2 heterocycles. The van der Waals surface area contributed by atoms with Crippen LogP contribution in [0.1, 0.15) is 18.4 Å². The molecular weight excluding hydrogens is 262 g/mol. The van der Waals surface area contributed by atoms with Crippen molar-refractivity contribution in [1.82, 2.24) is 4.90 Å². The van der Waals surface area contributed by atoms with E-state index in [1.54, 1.807) is 11.3 Å². The van der Waals surface area contributed by atoms with E-state index in [4.69, 9.17) is 0 Å². The van der Waals surface area contributed by atoms with Gasteiger partial charge in [-0.3, -0.25) is 4.90 Å². The lowest BCUT2D eigenvalue weighted by Crippen LogP contribution is -2.31. The first-order valence-corrected chi connectivity index (χ1v) is 6.54. The van der Waals surface area contributed by atoms with E-state index < -0.39 is 0 Å². The van der Waals surface area contributed by atoms with Gasteiger partial charge in [-0.15, -0.1) is 11.3 Å². The summed E-state index contributed by atoms with van der Waals surface area (Å²) in [5.41, 5.74) is 1.35. The minimum atomic E-state index is 0.297. The van der Waals surface area contributed by atoms with Gasteiger partial charge in [0, 0.05) is 12.6 Å². The Morgan fingerprint density at radius 1 is 1.64 bits per heavy atom. The third-order valence-electron chi connectivity index (χ3n) is 2.72. The monoisotopic (exact) mass is 275 g/mol. The molecule has 0 unspecified atom stereocenters. The summed E-state index contributed by atoms with van der Waals surface area (Å²) in [6.45, 7) is 2.40. The number of hydrogen-bond acceptors (Lipinski definition) is 3. The van der Waals surface area contributed by atoms with Gasteiger partial charge in [0.05, 0.1) is 10.4 Å². The lowest BCUT2D eigenvalue weighted by molar-refractivity contribution is 0.154. The van der Waals surface area contributed by atoms with Gasteiger partial charge in [0.15, 0.2) is 0 Å². The Hall–Kier alpha value is 0.100. The molecule has 78 valence electrons. The van der Waals surface area contributed by atoms with Gasteiger partial charge in [0.25, 0.3) is 0 Å². The number of hydrogen-bond donors (Lipinski definition) is 1. The van der Waals surface area contributed by atoms with Gasteiger partial charge in [0.2, 0.25) is 0 Å². The van der Waals surface area contributed by atoms with Crippen LogP contribution in [0.2, 0.25) is 0 Å². The lowest BCUT2D eigenvalue weighted by Gasteiger charge is -2.21. The number of aliphatic hydroxyl groups excluding tert-OH is 1. The molecule has 1 aliphatic rings. The Morgan fingerprint density at radius 3 is 3.14 bits per heavy atom. The zero-order chi connectivity index (χ0) is 9.97. The second kappa shape index (κ2) is 4.75. The average molecular weight is 276 g/mol. The summed E-state index contributed by atoms with van der Waals surface area (Å²) in [5.74, 6) is 0. The Kier molecular flexibility index (Phi) is 3.60. The number of rotatable bonds is 3. The molecule has 2 rings (SSSR count). The fraction of sp³-hybridized carbons (Fsp3) is 0.600. The molecule has 0 aliphatic carbocycles. The molecule has 2 nitrogen and oxygen atoms in total. The van der Waals surface area contributed by atoms with Crippen LogP contribution in [0.5, 0.6) is 0 Å². The molecule has 1 N–H and O–H groups in total. The average Bonchev–Trinajstić information content (AvgIpc) is 2.76. The summed E-state index contributed by atoms with van der Waals surface area (Å²) in [7, 11) is 0. The molecule has 1 aliphatic heterocycles. The van der Waals surface area contributed by atoms with Crippen molar-refractivity contribution in [2.24, 2.45) is 0 Å². The highest BCUT2D eigenvalue weighted by molar-refractivity contribution is 9.11. The molecular formula is C10H14BrNOS. The quantitative estimate of drug-likeness (QED) is 0.916. The molecule has 0 spiro atoms. The molecule has 4 heteroatoms. The van der Waals surface area contributed by atoms with Gasteiger partial charge in [-0.05, 0) is 52.3 Å². The van der Waals surface area contributed by atoms with E-state index in [-0.39, 0.29) is 0 Å². The van der Waals surface area contributed by atoms with Crippen LogP contribution in [-0.2, 0) is 6.54 Å². The van der Waals surface area contributed by atoms with Crippen LogP contribution >= 0.6 is 27.3 Å². The maximum absolute atomic E-state index is 9.17. The van der Waals surface area contributed by atoms with Gasteiger partial charge in [-0.25, -0.2) is 0 Å². The highest BCUT2D eigenvalue weighted by Crippen LogP contribution is 2.25. The Bertz CT molecular complexity index is 302. The van der Waals surface area contributed by atoms with Crippen molar-refractivity contribution < 1.29 is 5.11 Å². The Balaban J connectivity index is 1.96. The van der Waals surface area contributed by atoms with Crippen molar-refractivity contribution in [3.63, 3.8) is 0 Å². The Morgan fingerprint density at radius 2 is 2.50 bits per heavy atom. The summed E-state index contributed by atoms with van der Waals surface area (Å²) in [4.78, 5) is 2.37. The largest absolute Gasteiger partial charge is 0.395 e. The number of halogens is 1. The van der Waals surface area contributed by atoms with E-state index in [1.165, 1.54) is 15.8 Å². The van der Waals surface area contributed by atoms with E-state index in [0.717, 1.165) is 19.5 Å². The highest BCUT2D eigenvalue weighted by Gasteiger charge is 2.23. The molecule has 0 aromatic carbocycles. The Labute approximate surface area is 96.7 Å². The predicted molar refractivity (Wildman–Crippen MR) is 62.5 cm³/mol. The summed E-state index contributed by atoms with van der Waals surface area (Å²) in [6.07, 6.45) is 2.36. The van der Waals surface area contributed by atoms with Gasteiger partial charge >= 0.3 is 0 Å². The van der Waals surface area contributed by atoms with Crippen LogP contribution in [0.3, 0.4) is 0 Å². The van der Waals surface area contributed by atoms with Crippen molar-refractivity contribution in [3.05, 3.63) is 20.8 Å². The van der Waals surface area contributed by atoms with Gasteiger partial charge in [0.1, 0.15) is 0 Å². The van der Waals surface area contributed by atoms with Gasteiger partial charge in [-0.2, -0.15) is 0 Å². The fourth-order valence-corrected chi connectivity index (χ4v) is 3.17. The van der Waals surface area contributed by atoms with E-state index in [0.29, 0.717) is 12.6 Å². The topological polar surface area (TPSA) is 23.5 Å². The second-order valence-corrected chi connectivity index (χ2v) is 6.00. The molecule has 14 heavy (non-hydrogen) atoms. The summed E-state index contributed by atoms with van der Waals surface area (Å²) < 4.78 is 1.19. The van der Waals surface area contributed by atoms with Gasteiger partial charge in [-0.1, -0.05) is 0 Å². The predicted octanol–water partition coefficient (Wildman–Crippen LogP) is 2.47. The van der Waals surface area contributed by atoms with Gasteiger partial charge < -0.3 is 5.11 Å². The van der Waals surface area contributed by atoms with E-state index in [9.17, 15) is 5.11 Å². The molecule has 0 amide bonds. The number of thiophene rings is 1. The molecule has 1 atom stereocenters. The normalized spacial score (nSPS) is 23.1. The van der Waals surface area contributed by atoms with E-state index in [1.807, 2.05) is 0 Å². The third kappa shape index (κ3) is 2.37. The van der Waals surface area contributed by atoms with Crippen molar-refractivity contribution in [1.29, 1.82) is 0 Å². The standard InChI is InChI=1S/C10H14BrNOS/c11-10-4-8(7-14-10)5-12-3-1-2-9(12)6-13/h4,7,9,13H,1-3,5-6H2/t9-/m0/s1. The molecule has 1 aromatic heterocycles. The minimum Gasteiger partial charge on any atom is -0.395 e. The molecule has 1 fully saturated rings. The number of likely N-dealkylation sites (tertiary alicyclic amines) is 1. The maximum Gasteiger partial charge on any atom is 0.0701 e. The minimum absolute atomic E-state index is 0.297. The smallest absolute Gasteiger partial charge is 0.0701 e. The zero-order valence-corrected chi connectivity index (χ0v) is 10.4. The lowest BCUT2D eigenvalue weighted by atomic mass is 10.2. The first-order valence-electron chi connectivity index (χ1n) is 4.87. The molecule has 1 aromatic rings. The van der Waals surface area contributed by atoms with Crippen LogP contribution in [-0.4, -0.2) is 29.2 Å². The maximum atomic E-state index is 9.17. The first kappa shape index (κ1) is 10.6. The SMILES string of the molecule is OC[C@@H]1CCCN1Cc1csc(Br)c1. The molecule has 1 saturated heterocycles. The van der Waals surface area contributed by atoms with E-state index in [2.05, 4.69) is 32.3 Å². The van der Waals surface area contributed by atoms with E-state index >= 15 is 0 Å². The number of nitrogens with zero attached hydrogens (tertiary/aromatic N) is 1. The van der Waals surface area contributed by atoms with Crippen LogP contribution in [0.25, 0.3) is 0 Å². The summed E-state index contributed by atoms with van der Waals surface area (Å²) >= 11 is 5.19. The van der Waals surface area contributed by atoms with Crippen molar-refractivity contribution in [2.75, 3.05) is 13.2 Å². The fourth-order valence-electron chi connectivity index (χ4n) is 1.97. The van der Waals surface area contributed by atoms with Crippen molar-refractivity contribution in [3.8, 4) is 0 Å². The molecule has 0 saturated carbocycles. The summed E-state index contributed by atoms with van der Waals surface area (Å²) in [6, 6.07) is 2.55. The first-order chi connectivity index (χ1) is 6.79. The van der Waals surface area contributed by atoms with Crippen molar-refractivity contribution in [2.45, 2.75) is 25.4 Å². The van der Waals surface area contributed by atoms with Crippen LogP contribution in [0.4, 0.5) is 0 Å². The summed E-state index contributed by atoms with van der Waals surface area (Å²) in [5, 5.41) is 11.3. The second-order valence-electron chi connectivity index (χ2n) is 3.71. The molecule has 0 radical (unpaired) electrons. The van der Waals surface area contributed by atoms with Crippen LogP contribution in [0.15, 0.2) is 15.2 Å². The highest BCUT2D eigenvalue weighted by atomic mass is 79.9.